The predicted octanol–water partition coefficient (Wildman–Crippen LogP) is 2.35. The first-order chi connectivity index (χ1) is 13.5. The molecule has 7 nitrogen and oxygen atoms in total. The van der Waals surface area contributed by atoms with Gasteiger partial charge in [0, 0.05) is 34.4 Å². The molecule has 1 amide bonds. The van der Waals surface area contributed by atoms with Crippen molar-refractivity contribution < 1.29 is 9.59 Å². The van der Waals surface area contributed by atoms with Crippen molar-refractivity contribution in [2.45, 2.75) is 18.3 Å². The number of amides is 1. The van der Waals surface area contributed by atoms with Crippen LogP contribution in [0.15, 0.2) is 51.8 Å². The summed E-state index contributed by atoms with van der Waals surface area (Å²) < 4.78 is 0.948. The van der Waals surface area contributed by atoms with Crippen LogP contribution in [0.25, 0.3) is 0 Å². The van der Waals surface area contributed by atoms with Crippen molar-refractivity contribution in [2.24, 2.45) is 4.99 Å². The van der Waals surface area contributed by atoms with Gasteiger partial charge in [0.15, 0.2) is 0 Å². The molecule has 1 aromatic rings. The first-order valence-corrected chi connectivity index (χ1v) is 9.71. The van der Waals surface area contributed by atoms with Gasteiger partial charge in [0.05, 0.1) is 6.54 Å². The van der Waals surface area contributed by atoms with Gasteiger partial charge in [-0.1, -0.05) is 22.0 Å². The third-order valence-electron chi connectivity index (χ3n) is 4.78. The van der Waals surface area contributed by atoms with Gasteiger partial charge in [-0.05, 0) is 49.7 Å². The number of amidine groups is 1. The first-order valence-electron chi connectivity index (χ1n) is 8.92. The van der Waals surface area contributed by atoms with Crippen LogP contribution >= 0.6 is 15.9 Å². The van der Waals surface area contributed by atoms with Crippen molar-refractivity contribution >= 4 is 40.2 Å². The van der Waals surface area contributed by atoms with E-state index < -0.39 is 0 Å². The summed E-state index contributed by atoms with van der Waals surface area (Å²) in [6, 6.07) is 5.71. The van der Waals surface area contributed by atoms with Crippen molar-refractivity contribution in [1.29, 1.82) is 5.41 Å². The number of rotatable bonds is 7. The molecule has 2 aliphatic rings. The maximum absolute atomic E-state index is 12.4. The summed E-state index contributed by atoms with van der Waals surface area (Å²) in [6.07, 6.45) is 8.85. The number of allylic oxidation sites excluding steroid dienone is 1. The molecule has 1 saturated carbocycles. The lowest BCUT2D eigenvalue weighted by molar-refractivity contribution is -0.120. The lowest BCUT2D eigenvalue weighted by atomic mass is 9.91. The Hall–Kier alpha value is -2.58. The number of nitrogens with one attached hydrogen (secondary N) is 3. The van der Waals surface area contributed by atoms with Crippen LogP contribution in [-0.4, -0.2) is 49.3 Å². The Morgan fingerprint density at radius 1 is 1.46 bits per heavy atom. The van der Waals surface area contributed by atoms with Gasteiger partial charge in [-0.25, -0.2) is 4.99 Å². The highest BCUT2D eigenvalue weighted by Gasteiger charge is 2.46. The molecule has 0 atom stereocenters. The number of hydrogen-bond donors (Lipinski definition) is 3. The van der Waals surface area contributed by atoms with E-state index in [1.165, 1.54) is 6.08 Å². The van der Waals surface area contributed by atoms with Gasteiger partial charge < -0.3 is 16.0 Å². The van der Waals surface area contributed by atoms with E-state index in [0.29, 0.717) is 23.8 Å². The van der Waals surface area contributed by atoms with E-state index in [1.54, 1.807) is 12.3 Å². The normalized spacial score (nSPS) is 18.4. The fourth-order valence-electron chi connectivity index (χ4n) is 3.39. The molecule has 0 bridgehead atoms. The average Bonchev–Trinajstić information content (AvgIpc) is 3.42. The van der Waals surface area contributed by atoms with Gasteiger partial charge in [0.1, 0.15) is 17.9 Å². The van der Waals surface area contributed by atoms with Gasteiger partial charge in [-0.15, -0.1) is 0 Å². The van der Waals surface area contributed by atoms with E-state index >= 15 is 0 Å². The number of halogens is 1. The lowest BCUT2D eigenvalue weighted by Gasteiger charge is -2.25. The molecule has 1 heterocycles. The summed E-state index contributed by atoms with van der Waals surface area (Å²) in [4.78, 5) is 30.0. The summed E-state index contributed by atoms with van der Waals surface area (Å²) in [5, 5.41) is 12.8. The van der Waals surface area contributed by atoms with Gasteiger partial charge in [0.25, 0.3) is 0 Å². The Morgan fingerprint density at radius 2 is 2.25 bits per heavy atom. The monoisotopic (exact) mass is 443 g/mol. The molecule has 8 heteroatoms. The highest BCUT2D eigenvalue weighted by Crippen LogP contribution is 2.50. The van der Waals surface area contributed by atoms with E-state index in [1.807, 2.05) is 30.1 Å². The number of benzene rings is 1. The maximum Gasteiger partial charge on any atom is 0.239 e. The SMILES string of the molecule is CN(CC(=O)NC1=N/C(=C/C=N)NC=C1)CC1(c2cc(Br)ccc2C=O)CC1. The molecule has 146 valence electrons. The molecule has 0 saturated heterocycles. The van der Waals surface area contributed by atoms with Crippen molar-refractivity contribution in [3.63, 3.8) is 0 Å². The molecular weight excluding hydrogens is 422 g/mol. The minimum Gasteiger partial charge on any atom is -0.346 e. The molecule has 1 aliphatic heterocycles. The summed E-state index contributed by atoms with van der Waals surface area (Å²) in [5.41, 5.74) is 1.66. The largest absolute Gasteiger partial charge is 0.346 e. The second kappa shape index (κ2) is 8.62. The molecular formula is C20H22BrN5O2. The fraction of sp³-hybridized carbons (Fsp3) is 0.300. The Kier molecular flexibility index (Phi) is 6.21. The number of carbonyl (C=O) groups is 2. The Balaban J connectivity index is 1.62. The highest BCUT2D eigenvalue weighted by molar-refractivity contribution is 9.10. The van der Waals surface area contributed by atoms with Crippen molar-refractivity contribution in [3.8, 4) is 0 Å². The first kappa shape index (κ1) is 20.2. The highest BCUT2D eigenvalue weighted by atomic mass is 79.9. The Bertz CT molecular complexity index is 887. The number of hydrogen-bond acceptors (Lipinski definition) is 6. The minimum absolute atomic E-state index is 0.0822. The van der Waals surface area contributed by atoms with Crippen LogP contribution in [0.5, 0.6) is 0 Å². The average molecular weight is 444 g/mol. The Labute approximate surface area is 172 Å². The second-order valence-corrected chi connectivity index (χ2v) is 7.96. The molecule has 1 aliphatic carbocycles. The number of aliphatic imine (C=N–C) groups is 1. The number of nitrogens with zero attached hydrogens (tertiary/aromatic N) is 2. The van der Waals surface area contributed by atoms with Crippen molar-refractivity contribution in [2.75, 3.05) is 20.1 Å². The lowest BCUT2D eigenvalue weighted by Crippen LogP contribution is -2.41. The molecule has 0 unspecified atom stereocenters. The van der Waals surface area contributed by atoms with E-state index in [-0.39, 0.29) is 17.9 Å². The summed E-state index contributed by atoms with van der Waals surface area (Å²) in [7, 11) is 1.90. The van der Waals surface area contributed by atoms with Crippen LogP contribution in [-0.2, 0) is 10.2 Å². The second-order valence-electron chi connectivity index (χ2n) is 7.04. The van der Waals surface area contributed by atoms with Gasteiger partial charge >= 0.3 is 0 Å². The number of carbonyl (C=O) groups excluding carboxylic acids is 2. The molecule has 3 rings (SSSR count). The van der Waals surface area contributed by atoms with Crippen molar-refractivity contribution in [3.05, 3.63) is 58.0 Å². The molecule has 0 aromatic heterocycles. The third kappa shape index (κ3) is 4.82. The zero-order valence-corrected chi connectivity index (χ0v) is 17.1. The quantitative estimate of drug-likeness (QED) is 0.444. The van der Waals surface area contributed by atoms with E-state index in [4.69, 9.17) is 5.41 Å². The standard InChI is InChI=1S/C20H22BrN5O2/c1-26(11-19(28)25-18-5-9-23-17(24-18)4-8-22)13-20(6-7-20)16-10-15(21)3-2-14(16)12-27/h2-5,8-10,12,22-23H,6-7,11,13H2,1H3,(H,24,25,28)/b17-4+,22-8?. The van der Waals surface area contributed by atoms with E-state index in [0.717, 1.165) is 35.4 Å². The minimum atomic E-state index is -0.164. The van der Waals surface area contributed by atoms with Crippen LogP contribution in [0.4, 0.5) is 0 Å². The maximum atomic E-state index is 12.4. The molecule has 0 radical (unpaired) electrons. The van der Waals surface area contributed by atoms with Crippen LogP contribution in [0.1, 0.15) is 28.8 Å². The summed E-state index contributed by atoms with van der Waals surface area (Å²) >= 11 is 3.49. The van der Waals surface area contributed by atoms with Gasteiger partial charge in [0.2, 0.25) is 5.91 Å². The topological polar surface area (TPSA) is 97.7 Å². The molecule has 3 N–H and O–H groups in total. The zero-order chi connectivity index (χ0) is 20.1. The van der Waals surface area contributed by atoms with E-state index in [9.17, 15) is 9.59 Å². The van der Waals surface area contributed by atoms with Crippen LogP contribution in [0, 0.1) is 5.41 Å². The predicted molar refractivity (Wildman–Crippen MR) is 113 cm³/mol. The molecule has 1 aromatic carbocycles. The van der Waals surface area contributed by atoms with Crippen LogP contribution < -0.4 is 10.6 Å². The van der Waals surface area contributed by atoms with Gasteiger partial charge in [-0.2, -0.15) is 0 Å². The number of likely N-dealkylation sites (N-methyl/N-ethyl adjacent to an activating group) is 1. The van der Waals surface area contributed by atoms with Crippen molar-refractivity contribution in [1.82, 2.24) is 15.5 Å². The number of aldehydes is 1. The zero-order valence-electron chi connectivity index (χ0n) is 15.5. The Morgan fingerprint density at radius 3 is 2.93 bits per heavy atom. The van der Waals surface area contributed by atoms with E-state index in [2.05, 4.69) is 31.6 Å². The van der Waals surface area contributed by atoms with Crippen LogP contribution in [0.2, 0.25) is 0 Å². The molecule has 1 fully saturated rings. The third-order valence-corrected chi connectivity index (χ3v) is 5.27. The smallest absolute Gasteiger partial charge is 0.239 e. The summed E-state index contributed by atoms with van der Waals surface area (Å²) in [6.45, 7) is 0.913. The van der Waals surface area contributed by atoms with Gasteiger partial charge in [-0.3, -0.25) is 14.5 Å². The molecule has 0 spiro atoms. The fourth-order valence-corrected chi connectivity index (χ4v) is 3.75. The molecule has 28 heavy (non-hydrogen) atoms. The summed E-state index contributed by atoms with van der Waals surface area (Å²) in [5.74, 6) is 0.762. The van der Waals surface area contributed by atoms with Crippen LogP contribution in [0.3, 0.4) is 0 Å².